The zero-order valence-electron chi connectivity index (χ0n) is 23.0. The van der Waals surface area contributed by atoms with Crippen LogP contribution in [-0.2, 0) is 19.1 Å². The number of ether oxygens (including phenoxy) is 2. The average molecular weight is 556 g/mol. The highest BCUT2D eigenvalue weighted by molar-refractivity contribution is 5.96. The van der Waals surface area contributed by atoms with Crippen molar-refractivity contribution in [3.8, 4) is 12.3 Å². The van der Waals surface area contributed by atoms with E-state index in [-0.39, 0.29) is 48.5 Å². The first-order valence-corrected chi connectivity index (χ1v) is 14.5. The molecule has 3 aliphatic carbocycles. The number of nitrogens with zero attached hydrogens (tertiary/aromatic N) is 4. The topological polar surface area (TPSA) is 128 Å². The third-order valence-electron chi connectivity index (χ3n) is 9.06. The van der Waals surface area contributed by atoms with Crippen LogP contribution in [0.15, 0.2) is 6.33 Å². The van der Waals surface area contributed by atoms with E-state index >= 15 is 0 Å². The Labute approximate surface area is 233 Å². The van der Waals surface area contributed by atoms with Gasteiger partial charge in [-0.15, -0.1) is 6.42 Å². The number of imidazole rings is 1. The molecular formula is C29H38FN5O5. The Morgan fingerprint density at radius 3 is 2.65 bits per heavy atom. The van der Waals surface area contributed by atoms with Gasteiger partial charge in [-0.25, -0.2) is 4.98 Å². The van der Waals surface area contributed by atoms with Gasteiger partial charge in [-0.05, 0) is 50.9 Å². The lowest BCUT2D eigenvalue weighted by Gasteiger charge is -2.44. The van der Waals surface area contributed by atoms with E-state index in [2.05, 4.69) is 33.1 Å². The van der Waals surface area contributed by atoms with E-state index in [1.807, 2.05) is 0 Å². The molecule has 3 heterocycles. The zero-order chi connectivity index (χ0) is 28.3. The highest BCUT2D eigenvalue weighted by Gasteiger charge is 2.53. The molecule has 216 valence electrons. The van der Waals surface area contributed by atoms with Crippen LogP contribution in [0.5, 0.6) is 0 Å². The molecule has 4 aliphatic rings. The molecule has 4 fully saturated rings. The van der Waals surface area contributed by atoms with Crippen molar-refractivity contribution in [2.75, 3.05) is 18.5 Å². The van der Waals surface area contributed by atoms with Crippen LogP contribution in [0.1, 0.15) is 90.0 Å². The summed E-state index contributed by atoms with van der Waals surface area (Å²) in [4.78, 5) is 37.5. The summed E-state index contributed by atoms with van der Waals surface area (Å²) in [6, 6.07) is -0.778. The van der Waals surface area contributed by atoms with Crippen LogP contribution in [0.25, 0.3) is 11.2 Å². The van der Waals surface area contributed by atoms with Gasteiger partial charge in [-0.1, -0.05) is 38.5 Å². The first-order valence-electron chi connectivity index (χ1n) is 14.5. The average Bonchev–Trinajstić information content (AvgIpc) is 3.53. The molecule has 1 amide bonds. The molecule has 0 spiro atoms. The molecule has 2 bridgehead atoms. The van der Waals surface area contributed by atoms with Crippen LogP contribution in [0.3, 0.4) is 0 Å². The number of amides is 1. The van der Waals surface area contributed by atoms with E-state index in [1.54, 1.807) is 0 Å². The van der Waals surface area contributed by atoms with Crippen LogP contribution in [0, 0.1) is 29.8 Å². The van der Waals surface area contributed by atoms with Gasteiger partial charge in [-0.2, -0.15) is 14.4 Å². The number of carbonyl (C=O) groups is 2. The van der Waals surface area contributed by atoms with Gasteiger partial charge in [0.05, 0.1) is 24.4 Å². The number of aromatic nitrogens is 4. The molecule has 3 saturated carbocycles. The van der Waals surface area contributed by atoms with Crippen molar-refractivity contribution in [2.24, 2.45) is 11.3 Å². The first kappa shape index (κ1) is 28.4. The van der Waals surface area contributed by atoms with Gasteiger partial charge >= 0.3 is 12.0 Å². The number of rotatable bonds is 11. The zero-order valence-corrected chi connectivity index (χ0v) is 23.0. The van der Waals surface area contributed by atoms with E-state index in [0.29, 0.717) is 5.92 Å². The summed E-state index contributed by atoms with van der Waals surface area (Å²) < 4.78 is 27.5. The van der Waals surface area contributed by atoms with E-state index in [1.165, 1.54) is 10.9 Å². The van der Waals surface area contributed by atoms with Crippen LogP contribution in [0.4, 0.5) is 10.2 Å². The molecule has 11 heteroatoms. The van der Waals surface area contributed by atoms with Crippen molar-refractivity contribution in [3.05, 3.63) is 12.4 Å². The Morgan fingerprint density at radius 1 is 1.23 bits per heavy atom. The Morgan fingerprint density at radius 2 is 1.95 bits per heavy atom. The summed E-state index contributed by atoms with van der Waals surface area (Å²) in [6.07, 6.45) is 15.7. The molecule has 1 aliphatic heterocycles. The van der Waals surface area contributed by atoms with Gasteiger partial charge in [0, 0.05) is 6.42 Å². The first-order chi connectivity index (χ1) is 19.3. The van der Waals surface area contributed by atoms with Crippen LogP contribution in [0.2, 0.25) is 0 Å². The summed E-state index contributed by atoms with van der Waals surface area (Å²) in [5.41, 5.74) is -1.77. The number of esters is 1. The van der Waals surface area contributed by atoms with E-state index in [0.717, 1.165) is 70.6 Å². The second kappa shape index (κ2) is 11.8. The minimum absolute atomic E-state index is 0.0354. The van der Waals surface area contributed by atoms with Crippen molar-refractivity contribution >= 4 is 28.9 Å². The molecule has 3 atom stereocenters. The van der Waals surface area contributed by atoms with E-state index in [4.69, 9.17) is 15.9 Å². The second-order valence-corrected chi connectivity index (χ2v) is 11.6. The van der Waals surface area contributed by atoms with Gasteiger partial charge < -0.3 is 24.5 Å². The molecule has 40 heavy (non-hydrogen) atoms. The van der Waals surface area contributed by atoms with E-state index < -0.39 is 29.2 Å². The Hall–Kier alpha value is -3.10. The number of hydrogen-bond acceptors (Lipinski definition) is 8. The molecule has 0 aromatic carbocycles. The number of nitrogens with one attached hydrogen (secondary N) is 1. The fourth-order valence-corrected chi connectivity index (χ4v) is 6.43. The summed E-state index contributed by atoms with van der Waals surface area (Å²) in [6.45, 7) is 1.80. The third-order valence-corrected chi connectivity index (χ3v) is 9.06. The van der Waals surface area contributed by atoms with Gasteiger partial charge in [0.2, 0.25) is 5.91 Å². The molecule has 1 unspecified atom stereocenters. The number of carbonyl (C=O) groups excluding carboxylic acids is 2. The summed E-state index contributed by atoms with van der Waals surface area (Å²) >= 11 is 0. The highest BCUT2D eigenvalue weighted by Crippen LogP contribution is 2.51. The Kier molecular flexibility index (Phi) is 8.38. The lowest BCUT2D eigenvalue weighted by atomic mass is 9.61. The van der Waals surface area contributed by atoms with Gasteiger partial charge in [-0.3, -0.25) is 9.59 Å². The normalized spacial score (nSPS) is 29.4. The number of aliphatic hydroxyl groups is 1. The van der Waals surface area contributed by atoms with Crippen LogP contribution < -0.4 is 5.32 Å². The molecular weight excluding hydrogens is 517 g/mol. The van der Waals surface area contributed by atoms with E-state index in [9.17, 15) is 19.1 Å². The summed E-state index contributed by atoms with van der Waals surface area (Å²) in [5, 5.41) is 14.0. The van der Waals surface area contributed by atoms with Gasteiger partial charge in [0.25, 0.3) is 0 Å². The van der Waals surface area contributed by atoms with Gasteiger partial charge in [0.15, 0.2) is 22.6 Å². The number of halogens is 1. The van der Waals surface area contributed by atoms with Crippen molar-refractivity contribution in [1.29, 1.82) is 0 Å². The fraction of sp³-hybridized carbons (Fsp3) is 0.690. The SMILES string of the molecule is C#C[C@]1(COC(=O)C23CCC(CC2)CC3)OCC(n2cnc3c(NC(=O)CCCCCCC)nc(F)nc32)[C@@H]1O. The monoisotopic (exact) mass is 555 g/mol. The lowest BCUT2D eigenvalue weighted by Crippen LogP contribution is -2.48. The maximum atomic E-state index is 14.5. The minimum atomic E-state index is -1.57. The Bertz CT molecular complexity index is 1270. The lowest BCUT2D eigenvalue weighted by molar-refractivity contribution is -0.170. The number of terminal acetylenes is 1. The molecule has 2 N–H and O–H groups in total. The van der Waals surface area contributed by atoms with Crippen molar-refractivity contribution < 1.29 is 28.6 Å². The van der Waals surface area contributed by atoms with Crippen molar-refractivity contribution in [2.45, 2.75) is 102 Å². The number of aliphatic hydroxyl groups excluding tert-OH is 1. The third kappa shape index (κ3) is 5.44. The minimum Gasteiger partial charge on any atom is -0.461 e. The molecule has 2 aromatic heterocycles. The summed E-state index contributed by atoms with van der Waals surface area (Å²) in [7, 11) is 0. The van der Waals surface area contributed by atoms with Gasteiger partial charge in [0.1, 0.15) is 12.7 Å². The van der Waals surface area contributed by atoms with Crippen molar-refractivity contribution in [1.82, 2.24) is 19.5 Å². The smallest absolute Gasteiger partial charge is 0.312 e. The quantitative estimate of drug-likeness (QED) is 0.184. The molecule has 10 nitrogen and oxygen atoms in total. The molecule has 1 saturated heterocycles. The molecule has 6 rings (SSSR count). The fourth-order valence-electron chi connectivity index (χ4n) is 6.43. The number of anilines is 1. The second-order valence-electron chi connectivity index (χ2n) is 11.6. The molecule has 2 aromatic rings. The predicted molar refractivity (Wildman–Crippen MR) is 144 cm³/mol. The number of hydrogen-bond donors (Lipinski definition) is 2. The maximum absolute atomic E-state index is 14.5. The maximum Gasteiger partial charge on any atom is 0.312 e. The van der Waals surface area contributed by atoms with Crippen molar-refractivity contribution in [3.63, 3.8) is 0 Å². The van der Waals surface area contributed by atoms with Crippen LogP contribution >= 0.6 is 0 Å². The number of fused-ring (bicyclic) bond motifs is 4. The highest BCUT2D eigenvalue weighted by atomic mass is 19.1. The predicted octanol–water partition coefficient (Wildman–Crippen LogP) is 4.08. The summed E-state index contributed by atoms with van der Waals surface area (Å²) in [5.74, 6) is 2.60. The Balaban J connectivity index is 1.28. The van der Waals surface area contributed by atoms with Crippen LogP contribution in [-0.4, -0.2) is 61.4 Å². The standard InChI is InChI=1S/C29H38FN5O5/c1-3-5-6-7-8-9-21(36)32-24-22-25(34-27(30)33-24)35(18-31-22)20-16-40-29(4-2,23(20)37)17-39-26(38)28-13-10-19(11-14-28)12-15-28/h2,18-20,23,37H,3,5-17H2,1H3,(H,32,33,34,36)/t19?,20?,23-,28?,29+/m0/s1. The number of unbranched alkanes of at least 4 members (excludes halogenated alkanes) is 4. The molecule has 0 radical (unpaired) electrons. The largest absolute Gasteiger partial charge is 0.461 e.